The van der Waals surface area contributed by atoms with E-state index in [9.17, 15) is 4.79 Å². The Hall–Kier alpha value is -1.75. The average molecular weight is 294 g/mol. The molecule has 21 heavy (non-hydrogen) atoms. The molecule has 1 aromatic carbocycles. The number of benzene rings is 1. The van der Waals surface area contributed by atoms with Gasteiger partial charge in [-0.3, -0.25) is 4.79 Å². The molecule has 0 radical (unpaired) electrons. The highest BCUT2D eigenvalue weighted by molar-refractivity contribution is 5.76. The van der Waals surface area contributed by atoms with Crippen molar-refractivity contribution >= 4 is 5.91 Å². The van der Waals surface area contributed by atoms with Gasteiger partial charge in [-0.05, 0) is 38.8 Å². The lowest BCUT2D eigenvalue weighted by atomic mass is 10.1. The molecule has 0 aliphatic heterocycles. The van der Waals surface area contributed by atoms with Crippen LogP contribution in [0.2, 0.25) is 0 Å². The Morgan fingerprint density at radius 1 is 1.33 bits per heavy atom. The molecule has 118 valence electrons. The fraction of sp³-hybridized carbons (Fsp3) is 0.562. The van der Waals surface area contributed by atoms with Crippen molar-refractivity contribution in [1.82, 2.24) is 5.32 Å². The topological polar surface area (TPSA) is 73.6 Å². The first-order chi connectivity index (χ1) is 9.93. The minimum atomic E-state index is -0.0198. The SMILES string of the molecule is COc1cccc(CC(C)N)c1OCCC(=O)NC(C)C. The monoisotopic (exact) mass is 294 g/mol. The maximum atomic E-state index is 11.6. The van der Waals surface area contributed by atoms with Crippen molar-refractivity contribution < 1.29 is 14.3 Å². The van der Waals surface area contributed by atoms with E-state index in [4.69, 9.17) is 15.2 Å². The first-order valence-corrected chi connectivity index (χ1v) is 7.27. The maximum absolute atomic E-state index is 11.6. The lowest BCUT2D eigenvalue weighted by molar-refractivity contribution is -0.122. The van der Waals surface area contributed by atoms with Crippen molar-refractivity contribution in [2.75, 3.05) is 13.7 Å². The fourth-order valence-electron chi connectivity index (χ4n) is 2.03. The number of amides is 1. The van der Waals surface area contributed by atoms with Gasteiger partial charge in [0.25, 0.3) is 0 Å². The third-order valence-corrected chi connectivity index (χ3v) is 2.85. The van der Waals surface area contributed by atoms with Gasteiger partial charge in [-0.15, -0.1) is 0 Å². The molecule has 0 aromatic heterocycles. The molecule has 0 heterocycles. The zero-order valence-electron chi connectivity index (χ0n) is 13.3. The molecule has 0 bridgehead atoms. The highest BCUT2D eigenvalue weighted by Gasteiger charge is 2.13. The van der Waals surface area contributed by atoms with Crippen LogP contribution in [0.3, 0.4) is 0 Å². The summed E-state index contributed by atoms with van der Waals surface area (Å²) in [4.78, 5) is 11.6. The van der Waals surface area contributed by atoms with Crippen LogP contribution in [0.15, 0.2) is 18.2 Å². The molecule has 1 rings (SSSR count). The third-order valence-electron chi connectivity index (χ3n) is 2.85. The molecular formula is C16H26N2O3. The molecule has 1 atom stereocenters. The van der Waals surface area contributed by atoms with Crippen LogP contribution in [0.5, 0.6) is 11.5 Å². The molecule has 0 saturated carbocycles. The first kappa shape index (κ1) is 17.3. The van der Waals surface area contributed by atoms with Crippen LogP contribution in [0.25, 0.3) is 0 Å². The van der Waals surface area contributed by atoms with E-state index in [0.29, 0.717) is 30.9 Å². The van der Waals surface area contributed by atoms with Crippen LogP contribution in [0, 0.1) is 0 Å². The standard InChI is InChI=1S/C16H26N2O3/c1-11(2)18-15(19)8-9-21-16-13(10-12(3)17)6-5-7-14(16)20-4/h5-7,11-12H,8-10,17H2,1-4H3,(H,18,19). The summed E-state index contributed by atoms with van der Waals surface area (Å²) in [6.07, 6.45) is 1.01. The summed E-state index contributed by atoms with van der Waals surface area (Å²) in [5.74, 6) is 1.32. The van der Waals surface area contributed by atoms with Gasteiger partial charge in [0, 0.05) is 12.1 Å². The van der Waals surface area contributed by atoms with Gasteiger partial charge in [-0.25, -0.2) is 0 Å². The number of hydrogen-bond donors (Lipinski definition) is 2. The van der Waals surface area contributed by atoms with Crippen molar-refractivity contribution in [3.05, 3.63) is 23.8 Å². The van der Waals surface area contributed by atoms with Crippen LogP contribution in [-0.2, 0) is 11.2 Å². The minimum absolute atomic E-state index is 0.0198. The van der Waals surface area contributed by atoms with Crippen LogP contribution in [0.4, 0.5) is 0 Å². The molecule has 0 aliphatic rings. The van der Waals surface area contributed by atoms with Gasteiger partial charge in [0.1, 0.15) is 0 Å². The van der Waals surface area contributed by atoms with E-state index in [1.807, 2.05) is 39.0 Å². The summed E-state index contributed by atoms with van der Waals surface area (Å²) in [6, 6.07) is 5.89. The summed E-state index contributed by atoms with van der Waals surface area (Å²) in [5, 5.41) is 2.83. The summed E-state index contributed by atoms with van der Waals surface area (Å²) in [5.41, 5.74) is 6.85. The summed E-state index contributed by atoms with van der Waals surface area (Å²) >= 11 is 0. The molecular weight excluding hydrogens is 268 g/mol. The van der Waals surface area contributed by atoms with Crippen molar-refractivity contribution in [3.63, 3.8) is 0 Å². The fourth-order valence-corrected chi connectivity index (χ4v) is 2.03. The zero-order chi connectivity index (χ0) is 15.8. The molecule has 1 amide bonds. The van der Waals surface area contributed by atoms with Crippen LogP contribution in [-0.4, -0.2) is 31.7 Å². The first-order valence-electron chi connectivity index (χ1n) is 7.27. The third kappa shape index (κ3) is 6.04. The Labute approximate surface area is 126 Å². The van der Waals surface area contributed by atoms with E-state index in [0.717, 1.165) is 5.56 Å². The Morgan fingerprint density at radius 3 is 2.62 bits per heavy atom. The van der Waals surface area contributed by atoms with E-state index in [1.165, 1.54) is 0 Å². The van der Waals surface area contributed by atoms with Crippen molar-refractivity contribution in [3.8, 4) is 11.5 Å². The van der Waals surface area contributed by atoms with Crippen molar-refractivity contribution in [1.29, 1.82) is 0 Å². The number of nitrogens with one attached hydrogen (secondary N) is 1. The molecule has 5 nitrogen and oxygen atoms in total. The smallest absolute Gasteiger partial charge is 0.223 e. The average Bonchev–Trinajstić information content (AvgIpc) is 2.38. The molecule has 1 unspecified atom stereocenters. The number of hydrogen-bond acceptors (Lipinski definition) is 4. The molecule has 0 spiro atoms. The Morgan fingerprint density at radius 2 is 2.05 bits per heavy atom. The Bertz CT molecular complexity index is 459. The van der Waals surface area contributed by atoms with Crippen LogP contribution in [0.1, 0.15) is 32.8 Å². The predicted molar refractivity (Wildman–Crippen MR) is 83.7 cm³/mol. The van der Waals surface area contributed by atoms with Gasteiger partial charge in [0.05, 0.1) is 20.1 Å². The minimum Gasteiger partial charge on any atom is -0.493 e. The predicted octanol–water partition coefficient (Wildman–Crippen LogP) is 1.88. The second kappa shape index (κ2) is 8.52. The number of carbonyl (C=O) groups excluding carboxylic acids is 1. The molecule has 0 aliphatic carbocycles. The summed E-state index contributed by atoms with van der Waals surface area (Å²) in [7, 11) is 1.60. The number of rotatable bonds is 8. The van der Waals surface area contributed by atoms with E-state index >= 15 is 0 Å². The molecule has 1 aromatic rings. The van der Waals surface area contributed by atoms with E-state index < -0.39 is 0 Å². The lowest BCUT2D eigenvalue weighted by Crippen LogP contribution is -2.31. The normalized spacial score (nSPS) is 12.1. The summed E-state index contributed by atoms with van der Waals surface area (Å²) < 4.78 is 11.1. The van der Waals surface area contributed by atoms with E-state index in [1.54, 1.807) is 7.11 Å². The van der Waals surface area contributed by atoms with Crippen molar-refractivity contribution in [2.45, 2.75) is 45.7 Å². The number of para-hydroxylation sites is 1. The quantitative estimate of drug-likeness (QED) is 0.768. The van der Waals surface area contributed by atoms with Gasteiger partial charge >= 0.3 is 0 Å². The number of methoxy groups -OCH3 is 1. The highest BCUT2D eigenvalue weighted by Crippen LogP contribution is 2.31. The van der Waals surface area contributed by atoms with E-state index in [-0.39, 0.29) is 18.0 Å². The second-order valence-corrected chi connectivity index (χ2v) is 5.45. The van der Waals surface area contributed by atoms with Gasteiger partial charge in [0.2, 0.25) is 5.91 Å². The molecule has 3 N–H and O–H groups in total. The van der Waals surface area contributed by atoms with Gasteiger partial charge in [0.15, 0.2) is 11.5 Å². The van der Waals surface area contributed by atoms with Crippen LogP contribution < -0.4 is 20.5 Å². The number of ether oxygens (including phenoxy) is 2. The number of nitrogens with two attached hydrogens (primary N) is 1. The summed E-state index contributed by atoms with van der Waals surface area (Å²) in [6.45, 7) is 6.11. The van der Waals surface area contributed by atoms with Gasteiger partial charge in [-0.2, -0.15) is 0 Å². The second-order valence-electron chi connectivity index (χ2n) is 5.45. The maximum Gasteiger partial charge on any atom is 0.223 e. The van der Waals surface area contributed by atoms with Crippen molar-refractivity contribution in [2.24, 2.45) is 5.73 Å². The molecule has 5 heteroatoms. The van der Waals surface area contributed by atoms with Gasteiger partial charge in [-0.1, -0.05) is 12.1 Å². The highest BCUT2D eigenvalue weighted by atomic mass is 16.5. The largest absolute Gasteiger partial charge is 0.493 e. The lowest BCUT2D eigenvalue weighted by Gasteiger charge is -2.16. The molecule has 0 fully saturated rings. The molecule has 0 saturated heterocycles. The van der Waals surface area contributed by atoms with Crippen LogP contribution >= 0.6 is 0 Å². The zero-order valence-corrected chi connectivity index (χ0v) is 13.3. The Kier molecular flexibility index (Phi) is 7.02. The van der Waals surface area contributed by atoms with Gasteiger partial charge < -0.3 is 20.5 Å². The number of carbonyl (C=O) groups is 1. The Balaban J connectivity index is 2.69. The van der Waals surface area contributed by atoms with E-state index in [2.05, 4.69) is 5.32 Å².